The lowest BCUT2D eigenvalue weighted by molar-refractivity contribution is 0.341. The molecule has 0 bridgehead atoms. The van der Waals surface area contributed by atoms with Gasteiger partial charge in [-0.05, 0) is 24.6 Å². The van der Waals surface area contributed by atoms with Gasteiger partial charge in [-0.25, -0.2) is 4.39 Å². The number of hydrogen-bond acceptors (Lipinski definition) is 3. The monoisotopic (exact) mass is 298 g/mol. The average Bonchev–Trinajstić information content (AvgIpc) is 3.04. The SMILES string of the molecule is CCOc1ccccc1-c1cccc(F)c1CN1C=CNC1. The molecule has 0 saturated heterocycles. The Morgan fingerprint density at radius 3 is 2.73 bits per heavy atom. The Labute approximate surface area is 130 Å². The van der Waals surface area contributed by atoms with E-state index in [4.69, 9.17) is 4.74 Å². The third kappa shape index (κ3) is 2.91. The molecule has 0 saturated carbocycles. The van der Waals surface area contributed by atoms with Gasteiger partial charge >= 0.3 is 0 Å². The second kappa shape index (κ2) is 6.52. The molecule has 22 heavy (non-hydrogen) atoms. The molecule has 4 heteroatoms. The van der Waals surface area contributed by atoms with Crippen LogP contribution in [-0.2, 0) is 6.54 Å². The predicted octanol–water partition coefficient (Wildman–Crippen LogP) is 3.73. The second-order valence-electron chi connectivity index (χ2n) is 5.12. The number of nitrogens with one attached hydrogen (secondary N) is 1. The molecule has 2 aromatic carbocycles. The normalized spacial score (nSPS) is 13.3. The summed E-state index contributed by atoms with van der Waals surface area (Å²) in [6, 6.07) is 13.0. The highest BCUT2D eigenvalue weighted by Gasteiger charge is 2.16. The molecule has 114 valence electrons. The van der Waals surface area contributed by atoms with Crippen molar-refractivity contribution in [1.82, 2.24) is 10.2 Å². The van der Waals surface area contributed by atoms with Crippen LogP contribution in [-0.4, -0.2) is 18.2 Å². The van der Waals surface area contributed by atoms with Gasteiger partial charge in [-0.15, -0.1) is 0 Å². The average molecular weight is 298 g/mol. The summed E-state index contributed by atoms with van der Waals surface area (Å²) in [4.78, 5) is 2.03. The van der Waals surface area contributed by atoms with Crippen LogP contribution in [0.4, 0.5) is 4.39 Å². The molecule has 0 fully saturated rings. The zero-order chi connectivity index (χ0) is 15.4. The van der Waals surface area contributed by atoms with E-state index in [1.165, 1.54) is 6.07 Å². The molecular formula is C18H19FN2O. The highest BCUT2D eigenvalue weighted by atomic mass is 19.1. The first-order valence-corrected chi connectivity index (χ1v) is 7.43. The van der Waals surface area contributed by atoms with Crippen molar-refractivity contribution < 1.29 is 9.13 Å². The van der Waals surface area contributed by atoms with E-state index in [0.717, 1.165) is 16.9 Å². The molecule has 3 nitrogen and oxygen atoms in total. The molecular weight excluding hydrogens is 279 g/mol. The number of para-hydroxylation sites is 1. The van der Waals surface area contributed by atoms with Crippen molar-refractivity contribution in [3.05, 3.63) is 66.2 Å². The lowest BCUT2D eigenvalue weighted by Crippen LogP contribution is -2.21. The Balaban J connectivity index is 2.03. The van der Waals surface area contributed by atoms with Gasteiger partial charge in [0.25, 0.3) is 0 Å². The van der Waals surface area contributed by atoms with Crippen LogP contribution < -0.4 is 10.1 Å². The van der Waals surface area contributed by atoms with E-state index in [1.807, 2.05) is 54.6 Å². The van der Waals surface area contributed by atoms with Gasteiger partial charge in [-0.2, -0.15) is 0 Å². The van der Waals surface area contributed by atoms with Gasteiger partial charge in [0.05, 0.1) is 13.3 Å². The van der Waals surface area contributed by atoms with Crippen molar-refractivity contribution >= 4 is 0 Å². The Bertz CT molecular complexity index is 685. The number of rotatable bonds is 5. The molecule has 1 aliphatic heterocycles. The minimum atomic E-state index is -0.191. The molecule has 0 spiro atoms. The number of benzene rings is 2. The quantitative estimate of drug-likeness (QED) is 0.910. The van der Waals surface area contributed by atoms with Crippen molar-refractivity contribution in [2.75, 3.05) is 13.3 Å². The minimum Gasteiger partial charge on any atom is -0.493 e. The van der Waals surface area contributed by atoms with Crippen LogP contribution in [0, 0.1) is 5.82 Å². The summed E-state index contributed by atoms with van der Waals surface area (Å²) in [6.07, 6.45) is 3.80. The molecule has 1 heterocycles. The number of nitrogens with zero attached hydrogens (tertiary/aromatic N) is 1. The number of hydrogen-bond donors (Lipinski definition) is 1. The first-order chi connectivity index (χ1) is 10.8. The van der Waals surface area contributed by atoms with E-state index in [2.05, 4.69) is 5.32 Å². The number of ether oxygens (including phenoxy) is 1. The molecule has 0 aromatic heterocycles. The number of halogens is 1. The van der Waals surface area contributed by atoms with Crippen LogP contribution >= 0.6 is 0 Å². The van der Waals surface area contributed by atoms with Crippen LogP contribution in [0.1, 0.15) is 12.5 Å². The van der Waals surface area contributed by atoms with Crippen LogP contribution in [0.2, 0.25) is 0 Å². The summed E-state index contributed by atoms with van der Waals surface area (Å²) in [6.45, 7) is 3.75. The summed E-state index contributed by atoms with van der Waals surface area (Å²) >= 11 is 0. The van der Waals surface area contributed by atoms with E-state index < -0.39 is 0 Å². The Hall–Kier alpha value is -2.49. The van der Waals surface area contributed by atoms with Crippen LogP contribution in [0.25, 0.3) is 11.1 Å². The van der Waals surface area contributed by atoms with Gasteiger partial charge in [0, 0.05) is 30.1 Å². The largest absolute Gasteiger partial charge is 0.493 e. The smallest absolute Gasteiger partial charge is 0.128 e. The zero-order valence-electron chi connectivity index (χ0n) is 12.6. The fourth-order valence-corrected chi connectivity index (χ4v) is 2.63. The molecule has 0 unspecified atom stereocenters. The van der Waals surface area contributed by atoms with Crippen LogP contribution in [0.3, 0.4) is 0 Å². The minimum absolute atomic E-state index is 0.191. The molecule has 1 N–H and O–H groups in total. The van der Waals surface area contributed by atoms with Crippen molar-refractivity contribution in [1.29, 1.82) is 0 Å². The second-order valence-corrected chi connectivity index (χ2v) is 5.12. The third-order valence-electron chi connectivity index (χ3n) is 3.65. The van der Waals surface area contributed by atoms with E-state index in [1.54, 1.807) is 6.07 Å². The molecule has 2 aromatic rings. The van der Waals surface area contributed by atoms with Gasteiger partial charge in [0.15, 0.2) is 0 Å². The first-order valence-electron chi connectivity index (χ1n) is 7.43. The maximum atomic E-state index is 14.4. The Kier molecular flexibility index (Phi) is 4.28. The highest BCUT2D eigenvalue weighted by Crippen LogP contribution is 2.34. The first kappa shape index (κ1) is 14.4. The van der Waals surface area contributed by atoms with Crippen molar-refractivity contribution in [2.45, 2.75) is 13.5 Å². The third-order valence-corrected chi connectivity index (χ3v) is 3.65. The predicted molar refractivity (Wildman–Crippen MR) is 85.7 cm³/mol. The summed E-state index contributed by atoms with van der Waals surface area (Å²) in [5, 5.41) is 3.10. The molecule has 0 amide bonds. The Morgan fingerprint density at radius 2 is 1.95 bits per heavy atom. The lowest BCUT2D eigenvalue weighted by Gasteiger charge is -2.19. The van der Waals surface area contributed by atoms with E-state index in [-0.39, 0.29) is 5.82 Å². The van der Waals surface area contributed by atoms with Gasteiger partial charge in [-0.1, -0.05) is 30.3 Å². The molecule has 0 atom stereocenters. The summed E-state index contributed by atoms with van der Waals surface area (Å²) in [5.41, 5.74) is 2.49. The topological polar surface area (TPSA) is 24.5 Å². The van der Waals surface area contributed by atoms with Gasteiger partial charge in [0.1, 0.15) is 11.6 Å². The van der Waals surface area contributed by atoms with Gasteiger partial charge in [-0.3, -0.25) is 0 Å². The lowest BCUT2D eigenvalue weighted by atomic mass is 9.98. The summed E-state index contributed by atoms with van der Waals surface area (Å²) in [5.74, 6) is 0.594. The van der Waals surface area contributed by atoms with Crippen LogP contribution in [0.15, 0.2) is 54.9 Å². The highest BCUT2D eigenvalue weighted by molar-refractivity contribution is 5.73. The van der Waals surface area contributed by atoms with Crippen molar-refractivity contribution in [3.63, 3.8) is 0 Å². The van der Waals surface area contributed by atoms with Crippen molar-refractivity contribution in [2.24, 2.45) is 0 Å². The molecule has 0 aliphatic carbocycles. The van der Waals surface area contributed by atoms with Gasteiger partial charge in [0.2, 0.25) is 0 Å². The van der Waals surface area contributed by atoms with E-state index in [9.17, 15) is 4.39 Å². The van der Waals surface area contributed by atoms with Crippen LogP contribution in [0.5, 0.6) is 5.75 Å². The summed E-state index contributed by atoms with van der Waals surface area (Å²) < 4.78 is 20.1. The van der Waals surface area contributed by atoms with E-state index >= 15 is 0 Å². The molecule has 3 rings (SSSR count). The fourth-order valence-electron chi connectivity index (χ4n) is 2.63. The van der Waals surface area contributed by atoms with Crippen molar-refractivity contribution in [3.8, 4) is 16.9 Å². The van der Waals surface area contributed by atoms with E-state index in [0.29, 0.717) is 25.4 Å². The molecule has 1 aliphatic rings. The molecule has 0 radical (unpaired) electrons. The Morgan fingerprint density at radius 1 is 1.14 bits per heavy atom. The fraction of sp³-hybridized carbons (Fsp3) is 0.222. The zero-order valence-corrected chi connectivity index (χ0v) is 12.6. The standard InChI is InChI=1S/C18H19FN2O/c1-2-22-18-9-4-3-6-15(18)14-7-5-8-17(19)16(14)12-21-11-10-20-13-21/h3-11,20H,2,12-13H2,1H3. The van der Waals surface area contributed by atoms with Gasteiger partial charge < -0.3 is 15.0 Å². The maximum absolute atomic E-state index is 14.4. The summed E-state index contributed by atoms with van der Waals surface area (Å²) in [7, 11) is 0. The maximum Gasteiger partial charge on any atom is 0.128 e.